The van der Waals surface area contributed by atoms with Crippen LogP contribution in [0.2, 0.25) is 18.1 Å². The molecule has 0 aliphatic heterocycles. The quantitative estimate of drug-likeness (QED) is 0.101. The molecule has 8 heteroatoms. The molecule has 1 saturated carbocycles. The molecule has 36 heavy (non-hydrogen) atoms. The Morgan fingerprint density at radius 2 is 2.06 bits per heavy atom. The maximum atomic E-state index is 12.6. The highest BCUT2D eigenvalue weighted by Crippen LogP contribution is 2.38. The number of carbonyl (C=O) groups is 2. The Kier molecular flexibility index (Phi) is 12.6. The maximum Gasteiger partial charge on any atom is 0.357 e. The van der Waals surface area contributed by atoms with Crippen LogP contribution in [0.3, 0.4) is 0 Å². The molecule has 2 rings (SSSR count). The molecule has 0 amide bonds. The van der Waals surface area contributed by atoms with Gasteiger partial charge >= 0.3 is 5.97 Å². The molecule has 202 valence electrons. The van der Waals surface area contributed by atoms with Crippen LogP contribution in [0.5, 0.6) is 0 Å². The smallest absolute Gasteiger partial charge is 0.357 e. The molecule has 1 fully saturated rings. The highest BCUT2D eigenvalue weighted by Gasteiger charge is 2.38. The van der Waals surface area contributed by atoms with Gasteiger partial charge in [-0.25, -0.2) is 9.78 Å². The van der Waals surface area contributed by atoms with Gasteiger partial charge in [-0.3, -0.25) is 4.79 Å². The minimum Gasteiger partial charge on any atom is -0.461 e. The summed E-state index contributed by atoms with van der Waals surface area (Å²) in [5.74, 6) is 1.16. The van der Waals surface area contributed by atoms with E-state index in [2.05, 4.69) is 70.1 Å². The van der Waals surface area contributed by atoms with Crippen molar-refractivity contribution < 1.29 is 18.8 Å². The molecule has 3 atom stereocenters. The summed E-state index contributed by atoms with van der Waals surface area (Å²) in [6, 6.07) is 0. The largest absolute Gasteiger partial charge is 0.461 e. The lowest BCUT2D eigenvalue weighted by atomic mass is 9.92. The van der Waals surface area contributed by atoms with E-state index in [4.69, 9.17) is 9.16 Å². The van der Waals surface area contributed by atoms with Crippen molar-refractivity contribution in [2.24, 2.45) is 11.8 Å². The first-order valence-corrected chi connectivity index (χ1v) is 18.0. The standard InChI is InChI=1S/C28H45NO4S2Si/c1-8-10-11-14-22(33-36(6,7)28(3,4)5)15-12-13-21-16-17-25(30)23(21)18-19-34-27-29-24(20-35-27)26(31)32-9-2/h11-14,20-23H,8-10,15-19H2,1-7H3/b13-12+,14-11+/t21-,22?,23+/m0/s1. The fourth-order valence-electron chi connectivity index (χ4n) is 3.96. The van der Waals surface area contributed by atoms with Crippen LogP contribution in [0, 0.1) is 11.8 Å². The molecular weight excluding hydrogens is 507 g/mol. The second-order valence-corrected chi connectivity index (χ2v) is 17.9. The van der Waals surface area contributed by atoms with Crippen molar-refractivity contribution in [3.8, 4) is 0 Å². The lowest BCUT2D eigenvalue weighted by molar-refractivity contribution is -0.121. The van der Waals surface area contributed by atoms with Crippen molar-refractivity contribution in [2.75, 3.05) is 12.4 Å². The summed E-state index contributed by atoms with van der Waals surface area (Å²) in [6.07, 6.45) is 14.5. The summed E-state index contributed by atoms with van der Waals surface area (Å²) in [6.45, 7) is 15.8. The second-order valence-electron chi connectivity index (χ2n) is 10.9. The second kappa shape index (κ2) is 14.6. The number of nitrogens with zero attached hydrogens (tertiary/aromatic N) is 1. The van der Waals surface area contributed by atoms with Gasteiger partial charge in [-0.2, -0.15) is 0 Å². The Bertz CT molecular complexity index is 904. The van der Waals surface area contributed by atoms with Gasteiger partial charge in [0.2, 0.25) is 0 Å². The Morgan fingerprint density at radius 3 is 2.72 bits per heavy atom. The molecule has 1 heterocycles. The van der Waals surface area contributed by atoms with Crippen LogP contribution in [0.25, 0.3) is 0 Å². The maximum absolute atomic E-state index is 12.6. The summed E-state index contributed by atoms with van der Waals surface area (Å²) < 4.78 is 12.6. The van der Waals surface area contributed by atoms with Gasteiger partial charge in [0.1, 0.15) is 5.78 Å². The Hall–Kier alpha value is -1.22. The highest BCUT2D eigenvalue weighted by molar-refractivity contribution is 8.01. The minimum absolute atomic E-state index is 0.0635. The zero-order valence-electron chi connectivity index (χ0n) is 23.2. The lowest BCUT2D eigenvalue weighted by Crippen LogP contribution is -2.43. The molecule has 1 aromatic heterocycles. The van der Waals surface area contributed by atoms with E-state index in [1.54, 1.807) is 24.1 Å². The molecule has 1 aliphatic carbocycles. The number of carbonyl (C=O) groups excluding carboxylic acids is 2. The van der Waals surface area contributed by atoms with Crippen molar-refractivity contribution >= 4 is 43.2 Å². The van der Waals surface area contributed by atoms with Gasteiger partial charge in [0.25, 0.3) is 0 Å². The molecular formula is C28H45NO4S2Si. The van der Waals surface area contributed by atoms with E-state index in [1.807, 2.05) is 0 Å². The monoisotopic (exact) mass is 551 g/mol. The number of hydrogen-bond acceptors (Lipinski definition) is 7. The van der Waals surface area contributed by atoms with Crippen LogP contribution in [0.1, 0.15) is 83.6 Å². The molecule has 0 bridgehead atoms. The summed E-state index contributed by atoms with van der Waals surface area (Å²) in [4.78, 5) is 28.8. The number of aromatic nitrogens is 1. The van der Waals surface area contributed by atoms with Crippen LogP contribution < -0.4 is 0 Å². The van der Waals surface area contributed by atoms with Gasteiger partial charge in [-0.05, 0) is 56.7 Å². The number of hydrogen-bond donors (Lipinski definition) is 0. The number of rotatable bonds is 14. The normalized spacial score (nSPS) is 20.0. The van der Waals surface area contributed by atoms with Crippen LogP contribution in [-0.2, 0) is 14.0 Å². The summed E-state index contributed by atoms with van der Waals surface area (Å²) in [5.41, 5.74) is 0.365. The van der Waals surface area contributed by atoms with E-state index in [0.717, 1.165) is 42.2 Å². The molecule has 1 unspecified atom stereocenters. The lowest BCUT2D eigenvalue weighted by Gasteiger charge is -2.38. The Balaban J connectivity index is 1.94. The number of thiazole rings is 1. The number of esters is 1. The molecule has 1 aliphatic rings. The van der Waals surface area contributed by atoms with Crippen LogP contribution in [-0.4, -0.2) is 43.5 Å². The van der Waals surface area contributed by atoms with Gasteiger partial charge in [0, 0.05) is 23.5 Å². The van der Waals surface area contributed by atoms with E-state index < -0.39 is 8.32 Å². The van der Waals surface area contributed by atoms with Gasteiger partial charge in [-0.1, -0.05) is 70.2 Å². The number of allylic oxidation sites excluding steroid dienone is 2. The summed E-state index contributed by atoms with van der Waals surface area (Å²) in [5, 5.41) is 1.91. The fourth-order valence-corrected chi connectivity index (χ4v) is 7.13. The molecule has 0 radical (unpaired) electrons. The van der Waals surface area contributed by atoms with Crippen molar-refractivity contribution in [1.29, 1.82) is 0 Å². The van der Waals surface area contributed by atoms with Crippen LogP contribution >= 0.6 is 23.1 Å². The van der Waals surface area contributed by atoms with Crippen LogP contribution in [0.4, 0.5) is 0 Å². The van der Waals surface area contributed by atoms with Crippen molar-refractivity contribution in [3.63, 3.8) is 0 Å². The number of unbranched alkanes of at least 4 members (excludes halogenated alkanes) is 1. The minimum atomic E-state index is -1.87. The predicted octanol–water partition coefficient (Wildman–Crippen LogP) is 8.09. The van der Waals surface area contributed by atoms with E-state index in [1.165, 1.54) is 11.3 Å². The molecule has 0 N–H and O–H groups in total. The highest BCUT2D eigenvalue weighted by atomic mass is 32.2. The molecule has 0 spiro atoms. The van der Waals surface area contributed by atoms with Crippen molar-refractivity contribution in [2.45, 2.75) is 102 Å². The summed E-state index contributed by atoms with van der Waals surface area (Å²) >= 11 is 3.07. The van der Waals surface area contributed by atoms with Crippen molar-refractivity contribution in [1.82, 2.24) is 4.98 Å². The topological polar surface area (TPSA) is 65.5 Å². The molecule has 0 aromatic carbocycles. The summed E-state index contributed by atoms with van der Waals surface area (Å²) in [7, 11) is -1.87. The van der Waals surface area contributed by atoms with E-state index in [9.17, 15) is 9.59 Å². The SMILES string of the molecule is CCC/C=C/C(C/C=C/[C@H]1CCC(=O)[C@@H]1CCSc1nc(C(=O)OCC)cs1)O[Si](C)(C)C(C)(C)C. The number of ether oxygens (including phenoxy) is 1. The average Bonchev–Trinajstić information content (AvgIpc) is 3.40. The zero-order chi connectivity index (χ0) is 26.8. The third-order valence-electron chi connectivity index (χ3n) is 7.09. The number of thioether (sulfide) groups is 1. The van der Waals surface area contributed by atoms with E-state index in [-0.39, 0.29) is 28.9 Å². The van der Waals surface area contributed by atoms with Gasteiger partial charge in [0.05, 0.1) is 12.7 Å². The van der Waals surface area contributed by atoms with Gasteiger partial charge in [-0.15, -0.1) is 11.3 Å². The van der Waals surface area contributed by atoms with E-state index in [0.29, 0.717) is 24.5 Å². The molecule has 0 saturated heterocycles. The Labute approximate surface area is 227 Å². The molecule has 5 nitrogen and oxygen atoms in total. The first kappa shape index (κ1) is 31.0. The first-order chi connectivity index (χ1) is 17.0. The average molecular weight is 552 g/mol. The third-order valence-corrected chi connectivity index (χ3v) is 13.6. The first-order valence-electron chi connectivity index (χ1n) is 13.3. The Morgan fingerprint density at radius 1 is 1.31 bits per heavy atom. The van der Waals surface area contributed by atoms with E-state index >= 15 is 0 Å². The predicted molar refractivity (Wildman–Crippen MR) is 155 cm³/mol. The van der Waals surface area contributed by atoms with Crippen LogP contribution in [0.15, 0.2) is 34.0 Å². The number of Topliss-reactive ketones (excluding diaryl/α,β-unsaturated/α-hetero) is 1. The van der Waals surface area contributed by atoms with Gasteiger partial charge in [0.15, 0.2) is 18.4 Å². The zero-order valence-corrected chi connectivity index (χ0v) is 25.8. The fraction of sp³-hybridized carbons (Fsp3) is 0.679. The number of ketones is 1. The van der Waals surface area contributed by atoms with Crippen molar-refractivity contribution in [3.05, 3.63) is 35.4 Å². The molecule has 1 aromatic rings. The third kappa shape index (κ3) is 9.58. The van der Waals surface area contributed by atoms with Gasteiger partial charge < -0.3 is 9.16 Å².